The molecule has 1 aromatic carbocycles. The zero-order valence-electron chi connectivity index (χ0n) is 13.7. The molecular formula is C19H22N2O3. The van der Waals surface area contributed by atoms with E-state index in [4.69, 9.17) is 0 Å². The van der Waals surface area contributed by atoms with Crippen LogP contribution in [0.2, 0.25) is 0 Å². The van der Waals surface area contributed by atoms with Crippen molar-refractivity contribution in [1.82, 2.24) is 4.90 Å². The van der Waals surface area contributed by atoms with Gasteiger partial charge in [-0.15, -0.1) is 0 Å². The predicted octanol–water partition coefficient (Wildman–Crippen LogP) is 2.14. The molecule has 4 rings (SSSR count). The number of carbonyl (C=O) groups is 3. The van der Waals surface area contributed by atoms with Crippen LogP contribution in [0.25, 0.3) is 0 Å². The molecule has 1 saturated carbocycles. The van der Waals surface area contributed by atoms with E-state index >= 15 is 0 Å². The molecule has 24 heavy (non-hydrogen) atoms. The van der Waals surface area contributed by atoms with Crippen molar-refractivity contribution < 1.29 is 14.4 Å². The van der Waals surface area contributed by atoms with Gasteiger partial charge in [-0.25, -0.2) is 0 Å². The van der Waals surface area contributed by atoms with Gasteiger partial charge >= 0.3 is 0 Å². The maximum Gasteiger partial charge on any atom is 0.247 e. The Kier molecular flexibility index (Phi) is 3.87. The van der Waals surface area contributed by atoms with E-state index < -0.39 is 0 Å². The van der Waals surface area contributed by atoms with Crippen LogP contribution in [0.15, 0.2) is 24.3 Å². The fourth-order valence-electron chi connectivity index (χ4n) is 4.40. The Morgan fingerprint density at radius 2 is 1.67 bits per heavy atom. The highest BCUT2D eigenvalue weighted by atomic mass is 16.2. The Morgan fingerprint density at radius 1 is 1.00 bits per heavy atom. The first-order valence-corrected chi connectivity index (χ1v) is 8.90. The van der Waals surface area contributed by atoms with E-state index in [1.807, 2.05) is 24.3 Å². The number of nitrogens with zero attached hydrogens (tertiary/aromatic N) is 2. The summed E-state index contributed by atoms with van der Waals surface area (Å²) in [4.78, 5) is 40.8. The molecule has 3 aliphatic rings. The van der Waals surface area contributed by atoms with E-state index in [2.05, 4.69) is 0 Å². The van der Waals surface area contributed by atoms with Gasteiger partial charge in [0.2, 0.25) is 17.7 Å². The first-order valence-electron chi connectivity index (χ1n) is 8.90. The molecular weight excluding hydrogens is 304 g/mol. The lowest BCUT2D eigenvalue weighted by molar-refractivity contribution is -0.143. The molecule has 0 bridgehead atoms. The number of anilines is 1. The largest absolute Gasteiger partial charge is 0.311 e. The van der Waals surface area contributed by atoms with E-state index in [9.17, 15) is 14.4 Å². The minimum atomic E-state index is -0.187. The molecule has 5 nitrogen and oxygen atoms in total. The number of amides is 3. The fourth-order valence-corrected chi connectivity index (χ4v) is 4.40. The van der Waals surface area contributed by atoms with E-state index in [1.165, 1.54) is 4.90 Å². The summed E-state index contributed by atoms with van der Waals surface area (Å²) in [6.07, 6.45) is 5.45. The molecule has 3 amide bonds. The number of benzene rings is 1. The summed E-state index contributed by atoms with van der Waals surface area (Å²) >= 11 is 0. The van der Waals surface area contributed by atoms with Crippen molar-refractivity contribution in [3.8, 4) is 0 Å². The highest BCUT2D eigenvalue weighted by molar-refractivity contribution is 6.09. The van der Waals surface area contributed by atoms with Crippen molar-refractivity contribution in [1.29, 1.82) is 0 Å². The number of likely N-dealkylation sites (tertiary alicyclic amines) is 1. The second-order valence-electron chi connectivity index (χ2n) is 7.04. The molecule has 2 unspecified atom stereocenters. The number of para-hydroxylation sites is 1. The van der Waals surface area contributed by atoms with Crippen LogP contribution in [0.3, 0.4) is 0 Å². The lowest BCUT2D eigenvalue weighted by Gasteiger charge is -2.30. The molecule has 5 heteroatoms. The highest BCUT2D eigenvalue weighted by Gasteiger charge is 2.48. The van der Waals surface area contributed by atoms with Crippen LogP contribution in [0.4, 0.5) is 5.69 Å². The van der Waals surface area contributed by atoms with Gasteiger partial charge in [-0.3, -0.25) is 19.3 Å². The zero-order chi connectivity index (χ0) is 16.7. The highest BCUT2D eigenvalue weighted by Crippen LogP contribution is 2.38. The van der Waals surface area contributed by atoms with Crippen molar-refractivity contribution >= 4 is 23.4 Å². The van der Waals surface area contributed by atoms with Gasteiger partial charge in [0.05, 0.1) is 11.8 Å². The minimum absolute atomic E-state index is 0.112. The van der Waals surface area contributed by atoms with Crippen LogP contribution in [0.1, 0.15) is 37.7 Å². The number of hydrogen-bond acceptors (Lipinski definition) is 3. The first-order chi connectivity index (χ1) is 11.7. The maximum atomic E-state index is 12.8. The Balaban J connectivity index is 1.53. The van der Waals surface area contributed by atoms with Crippen molar-refractivity contribution in [2.24, 2.45) is 11.8 Å². The topological polar surface area (TPSA) is 57.7 Å². The zero-order valence-corrected chi connectivity index (χ0v) is 13.7. The van der Waals surface area contributed by atoms with Gasteiger partial charge in [-0.1, -0.05) is 31.0 Å². The number of aryl methyl sites for hydroxylation is 1. The molecule has 0 aromatic heterocycles. The van der Waals surface area contributed by atoms with Gasteiger partial charge in [0.15, 0.2) is 0 Å². The molecule has 0 N–H and O–H groups in total. The average molecular weight is 326 g/mol. The lowest BCUT2D eigenvalue weighted by Crippen LogP contribution is -2.45. The third kappa shape index (κ3) is 2.43. The Bertz CT molecular complexity index is 676. The van der Waals surface area contributed by atoms with E-state index in [0.29, 0.717) is 6.54 Å². The summed E-state index contributed by atoms with van der Waals surface area (Å²) in [5.74, 6) is -0.797. The number of carbonyl (C=O) groups excluding carboxylic acids is 3. The monoisotopic (exact) mass is 326 g/mol. The third-order valence-electron chi connectivity index (χ3n) is 5.64. The van der Waals surface area contributed by atoms with Gasteiger partial charge in [-0.05, 0) is 37.3 Å². The van der Waals surface area contributed by atoms with E-state index in [1.54, 1.807) is 4.90 Å². The van der Waals surface area contributed by atoms with Gasteiger partial charge in [0.1, 0.15) is 6.54 Å². The van der Waals surface area contributed by atoms with Gasteiger partial charge in [0, 0.05) is 12.2 Å². The third-order valence-corrected chi connectivity index (χ3v) is 5.64. The molecule has 1 aromatic rings. The van der Waals surface area contributed by atoms with E-state index in [0.717, 1.165) is 49.8 Å². The first kappa shape index (κ1) is 15.4. The molecule has 2 fully saturated rings. The van der Waals surface area contributed by atoms with Crippen LogP contribution < -0.4 is 4.90 Å². The summed E-state index contributed by atoms with van der Waals surface area (Å²) in [7, 11) is 0. The Hall–Kier alpha value is -2.17. The SMILES string of the molecule is O=C1C2CCCCC2C(=O)N1CC(=O)N1CCCc2ccccc21. The summed E-state index contributed by atoms with van der Waals surface area (Å²) in [6.45, 7) is 0.540. The van der Waals surface area contributed by atoms with Crippen molar-refractivity contribution in [3.05, 3.63) is 29.8 Å². The number of rotatable bonds is 2. The van der Waals surface area contributed by atoms with Crippen LogP contribution in [0.5, 0.6) is 0 Å². The molecule has 2 aliphatic heterocycles. The number of hydrogen-bond donors (Lipinski definition) is 0. The Morgan fingerprint density at radius 3 is 2.38 bits per heavy atom. The fraction of sp³-hybridized carbons (Fsp3) is 0.526. The quantitative estimate of drug-likeness (QED) is 0.783. The van der Waals surface area contributed by atoms with Gasteiger partial charge in [-0.2, -0.15) is 0 Å². The Labute approximate surface area is 141 Å². The minimum Gasteiger partial charge on any atom is -0.311 e. The van der Waals surface area contributed by atoms with E-state index in [-0.39, 0.29) is 36.1 Å². The van der Waals surface area contributed by atoms with Crippen LogP contribution in [-0.2, 0) is 20.8 Å². The predicted molar refractivity (Wildman–Crippen MR) is 89.3 cm³/mol. The van der Waals surface area contributed by atoms with Crippen LogP contribution in [-0.4, -0.2) is 35.7 Å². The molecule has 1 aliphatic carbocycles. The molecule has 2 atom stereocenters. The maximum absolute atomic E-state index is 12.8. The normalized spacial score (nSPS) is 26.3. The average Bonchev–Trinajstić information content (AvgIpc) is 2.86. The second kappa shape index (κ2) is 6.04. The van der Waals surface area contributed by atoms with Crippen molar-refractivity contribution in [2.45, 2.75) is 38.5 Å². The summed E-state index contributed by atoms with van der Waals surface area (Å²) in [5, 5.41) is 0. The number of fused-ring (bicyclic) bond motifs is 2. The number of imide groups is 1. The molecule has 126 valence electrons. The summed E-state index contributed by atoms with van der Waals surface area (Å²) < 4.78 is 0. The van der Waals surface area contributed by atoms with Crippen molar-refractivity contribution in [3.63, 3.8) is 0 Å². The molecule has 2 heterocycles. The van der Waals surface area contributed by atoms with Gasteiger partial charge < -0.3 is 4.90 Å². The van der Waals surface area contributed by atoms with Crippen molar-refractivity contribution in [2.75, 3.05) is 18.0 Å². The lowest BCUT2D eigenvalue weighted by atomic mass is 9.81. The molecule has 0 spiro atoms. The van der Waals surface area contributed by atoms with Crippen LogP contribution >= 0.6 is 0 Å². The second-order valence-corrected chi connectivity index (χ2v) is 7.04. The molecule has 0 radical (unpaired) electrons. The standard InChI is InChI=1S/C19H22N2O3/c22-17(20-11-5-7-13-6-1-4-10-16(13)20)12-21-18(23)14-8-2-3-9-15(14)19(21)24/h1,4,6,10,14-15H,2-3,5,7-9,11-12H2. The smallest absolute Gasteiger partial charge is 0.247 e. The summed E-state index contributed by atoms with van der Waals surface area (Å²) in [5.41, 5.74) is 2.08. The van der Waals surface area contributed by atoms with Crippen LogP contribution in [0, 0.1) is 11.8 Å². The molecule has 1 saturated heterocycles. The summed E-state index contributed by atoms with van der Waals surface area (Å²) in [6, 6.07) is 7.88. The van der Waals surface area contributed by atoms with Gasteiger partial charge in [0.25, 0.3) is 0 Å².